The molecule has 156 valence electrons. The minimum Gasteiger partial charge on any atom is -0.334 e. The topological polar surface area (TPSA) is 58.4 Å². The van der Waals surface area contributed by atoms with E-state index in [9.17, 15) is 13.6 Å². The normalized spacial score (nSPS) is 24.8. The van der Waals surface area contributed by atoms with Crippen LogP contribution < -0.4 is 11.1 Å². The Bertz CT molecular complexity index is 678. The number of nitrogens with one attached hydrogen (secondary N) is 1. The van der Waals surface area contributed by atoms with Gasteiger partial charge in [0.05, 0.1) is 5.54 Å². The van der Waals surface area contributed by atoms with Crippen molar-refractivity contribution in [3.05, 3.63) is 35.4 Å². The van der Waals surface area contributed by atoms with Gasteiger partial charge in [-0.2, -0.15) is 0 Å². The molecule has 1 saturated carbocycles. The summed E-state index contributed by atoms with van der Waals surface area (Å²) in [5.74, 6) is -1.12. The SMILES string of the molecule is CC1(c2cccc(F)c2F)CCCCN1C(=O)NC(CN)CC1CCCCC1. The van der Waals surface area contributed by atoms with Gasteiger partial charge in [0.25, 0.3) is 0 Å². The first-order valence-electron chi connectivity index (χ1n) is 10.7. The number of piperidine rings is 1. The Morgan fingerprint density at radius 2 is 2.00 bits per heavy atom. The predicted molar refractivity (Wildman–Crippen MR) is 107 cm³/mol. The summed E-state index contributed by atoms with van der Waals surface area (Å²) in [6, 6.07) is 3.91. The lowest BCUT2D eigenvalue weighted by Gasteiger charge is -2.46. The minimum atomic E-state index is -0.873. The maximum Gasteiger partial charge on any atom is 0.318 e. The number of hydrogen-bond donors (Lipinski definition) is 2. The highest BCUT2D eigenvalue weighted by atomic mass is 19.2. The highest BCUT2D eigenvalue weighted by Gasteiger charge is 2.41. The molecule has 0 radical (unpaired) electrons. The monoisotopic (exact) mass is 393 g/mol. The van der Waals surface area contributed by atoms with Crippen LogP contribution in [0, 0.1) is 17.6 Å². The molecule has 28 heavy (non-hydrogen) atoms. The Morgan fingerprint density at radius 3 is 2.71 bits per heavy atom. The molecule has 1 aliphatic heterocycles. The molecule has 0 aromatic heterocycles. The molecule has 1 heterocycles. The van der Waals surface area contributed by atoms with Gasteiger partial charge in [-0.1, -0.05) is 44.2 Å². The summed E-state index contributed by atoms with van der Waals surface area (Å²) in [7, 11) is 0. The summed E-state index contributed by atoms with van der Waals surface area (Å²) in [4.78, 5) is 14.8. The van der Waals surface area contributed by atoms with E-state index >= 15 is 0 Å². The van der Waals surface area contributed by atoms with E-state index < -0.39 is 17.2 Å². The van der Waals surface area contributed by atoms with Gasteiger partial charge in [-0.05, 0) is 44.6 Å². The van der Waals surface area contributed by atoms with Crippen LogP contribution in [0.5, 0.6) is 0 Å². The zero-order valence-corrected chi connectivity index (χ0v) is 16.9. The first-order chi connectivity index (χ1) is 13.5. The quantitative estimate of drug-likeness (QED) is 0.763. The number of carbonyl (C=O) groups is 1. The fraction of sp³-hybridized carbons (Fsp3) is 0.682. The second kappa shape index (κ2) is 9.21. The Hall–Kier alpha value is -1.69. The maximum absolute atomic E-state index is 14.6. The Balaban J connectivity index is 1.75. The zero-order chi connectivity index (χ0) is 20.1. The molecular weight excluding hydrogens is 360 g/mol. The van der Waals surface area contributed by atoms with Crippen molar-refractivity contribution in [2.24, 2.45) is 11.7 Å². The largest absolute Gasteiger partial charge is 0.334 e. The van der Waals surface area contributed by atoms with Crippen molar-refractivity contribution >= 4 is 6.03 Å². The first-order valence-corrected chi connectivity index (χ1v) is 10.7. The molecule has 3 N–H and O–H groups in total. The Morgan fingerprint density at radius 1 is 1.25 bits per heavy atom. The number of nitrogens with zero attached hydrogens (tertiary/aromatic N) is 1. The second-order valence-electron chi connectivity index (χ2n) is 8.61. The van der Waals surface area contributed by atoms with Crippen LogP contribution in [-0.4, -0.2) is 30.1 Å². The predicted octanol–water partition coefficient (Wildman–Crippen LogP) is 4.67. The number of likely N-dealkylation sites (tertiary alicyclic amines) is 1. The lowest BCUT2D eigenvalue weighted by molar-refractivity contribution is 0.0819. The van der Waals surface area contributed by atoms with Gasteiger partial charge in [-0.15, -0.1) is 0 Å². The number of benzene rings is 1. The van der Waals surface area contributed by atoms with E-state index in [0.717, 1.165) is 25.3 Å². The molecule has 2 fully saturated rings. The van der Waals surface area contributed by atoms with Crippen molar-refractivity contribution in [2.45, 2.75) is 76.3 Å². The molecule has 2 aliphatic rings. The van der Waals surface area contributed by atoms with Gasteiger partial charge in [-0.25, -0.2) is 13.6 Å². The van der Waals surface area contributed by atoms with Crippen LogP contribution in [0.25, 0.3) is 0 Å². The lowest BCUT2D eigenvalue weighted by Crippen LogP contribution is -2.57. The number of rotatable bonds is 5. The van der Waals surface area contributed by atoms with Gasteiger partial charge in [0, 0.05) is 24.7 Å². The molecule has 1 saturated heterocycles. The van der Waals surface area contributed by atoms with Gasteiger partial charge in [0.1, 0.15) is 0 Å². The van der Waals surface area contributed by atoms with Crippen LogP contribution >= 0.6 is 0 Å². The third-order valence-corrected chi connectivity index (χ3v) is 6.62. The van der Waals surface area contributed by atoms with Crippen molar-refractivity contribution in [3.63, 3.8) is 0 Å². The number of nitrogens with two attached hydrogens (primary N) is 1. The van der Waals surface area contributed by atoms with E-state index in [0.29, 0.717) is 25.4 Å². The van der Waals surface area contributed by atoms with Crippen molar-refractivity contribution < 1.29 is 13.6 Å². The maximum atomic E-state index is 14.6. The molecular formula is C22H33F2N3O. The molecule has 0 bridgehead atoms. The van der Waals surface area contributed by atoms with Gasteiger partial charge in [0.15, 0.2) is 11.6 Å². The summed E-state index contributed by atoms with van der Waals surface area (Å²) in [5, 5.41) is 3.09. The fourth-order valence-electron chi connectivity index (χ4n) is 4.94. The van der Waals surface area contributed by atoms with E-state index in [-0.39, 0.29) is 17.6 Å². The van der Waals surface area contributed by atoms with Gasteiger partial charge >= 0.3 is 6.03 Å². The molecule has 0 spiro atoms. The number of hydrogen-bond acceptors (Lipinski definition) is 2. The van der Waals surface area contributed by atoms with Crippen molar-refractivity contribution in [1.29, 1.82) is 0 Å². The highest BCUT2D eigenvalue weighted by molar-refractivity contribution is 5.76. The molecule has 3 rings (SSSR count). The van der Waals surface area contributed by atoms with E-state index in [1.807, 2.05) is 6.92 Å². The molecule has 4 nitrogen and oxygen atoms in total. The number of carbonyl (C=O) groups excluding carboxylic acids is 1. The molecule has 1 aromatic carbocycles. The van der Waals surface area contributed by atoms with E-state index in [1.54, 1.807) is 11.0 Å². The van der Waals surface area contributed by atoms with Gasteiger partial charge in [0.2, 0.25) is 0 Å². The number of amides is 2. The summed E-state index contributed by atoms with van der Waals surface area (Å²) < 4.78 is 28.4. The van der Waals surface area contributed by atoms with Crippen molar-refractivity contribution in [2.75, 3.05) is 13.1 Å². The van der Waals surface area contributed by atoms with Crippen LogP contribution in [0.2, 0.25) is 0 Å². The third kappa shape index (κ3) is 4.48. The fourth-order valence-corrected chi connectivity index (χ4v) is 4.94. The van der Waals surface area contributed by atoms with Crippen LogP contribution in [0.15, 0.2) is 18.2 Å². The molecule has 1 aromatic rings. The smallest absolute Gasteiger partial charge is 0.318 e. The molecule has 2 unspecified atom stereocenters. The lowest BCUT2D eigenvalue weighted by atomic mass is 9.81. The highest BCUT2D eigenvalue weighted by Crippen LogP contribution is 2.39. The molecule has 2 atom stereocenters. The Labute approximate surface area is 166 Å². The van der Waals surface area contributed by atoms with Crippen LogP contribution in [0.4, 0.5) is 13.6 Å². The number of urea groups is 1. The van der Waals surface area contributed by atoms with Crippen molar-refractivity contribution in [3.8, 4) is 0 Å². The van der Waals surface area contributed by atoms with E-state index in [1.165, 1.54) is 38.2 Å². The van der Waals surface area contributed by atoms with Crippen molar-refractivity contribution in [1.82, 2.24) is 10.2 Å². The standard InChI is InChI=1S/C22H33F2N3O/c1-22(18-10-7-11-19(23)20(18)24)12-5-6-13-27(22)21(28)26-17(15-25)14-16-8-3-2-4-9-16/h7,10-11,16-17H,2-6,8-9,12-15,25H2,1H3,(H,26,28). The van der Waals surface area contributed by atoms with Gasteiger partial charge in [-0.3, -0.25) is 0 Å². The second-order valence-corrected chi connectivity index (χ2v) is 8.61. The number of halogens is 2. The van der Waals surface area contributed by atoms with Crippen LogP contribution in [-0.2, 0) is 5.54 Å². The van der Waals surface area contributed by atoms with Crippen LogP contribution in [0.3, 0.4) is 0 Å². The first kappa shape index (κ1) is 21.0. The van der Waals surface area contributed by atoms with Crippen LogP contribution in [0.1, 0.15) is 70.3 Å². The Kier molecular flexibility index (Phi) is 6.91. The third-order valence-electron chi connectivity index (χ3n) is 6.62. The molecule has 2 amide bonds. The summed E-state index contributed by atoms with van der Waals surface area (Å²) in [5.41, 5.74) is 5.33. The molecule has 6 heteroatoms. The zero-order valence-electron chi connectivity index (χ0n) is 16.9. The molecule has 1 aliphatic carbocycles. The summed E-state index contributed by atoms with van der Waals surface area (Å²) >= 11 is 0. The minimum absolute atomic E-state index is 0.0841. The average Bonchev–Trinajstić information content (AvgIpc) is 2.70. The summed E-state index contributed by atoms with van der Waals surface area (Å²) in [6.45, 7) is 2.75. The van der Waals surface area contributed by atoms with E-state index in [4.69, 9.17) is 5.73 Å². The van der Waals surface area contributed by atoms with E-state index in [2.05, 4.69) is 5.32 Å². The van der Waals surface area contributed by atoms with Gasteiger partial charge < -0.3 is 16.0 Å². The average molecular weight is 394 g/mol. The summed E-state index contributed by atoms with van der Waals surface area (Å²) in [6.07, 6.45) is 9.41.